The van der Waals surface area contributed by atoms with E-state index >= 15 is 0 Å². The number of rotatable bonds is 5. The summed E-state index contributed by atoms with van der Waals surface area (Å²) in [5, 5.41) is 2.89. The molecule has 0 aliphatic carbocycles. The number of fused-ring (bicyclic) bond motifs is 1. The van der Waals surface area contributed by atoms with Crippen molar-refractivity contribution in [3.8, 4) is 17.2 Å². The monoisotopic (exact) mass is 373 g/mol. The van der Waals surface area contributed by atoms with Crippen LogP contribution in [0.3, 0.4) is 0 Å². The third-order valence-corrected chi connectivity index (χ3v) is 4.50. The zero-order valence-electron chi connectivity index (χ0n) is 15.5. The molecule has 1 amide bonds. The van der Waals surface area contributed by atoms with Crippen LogP contribution in [0.4, 0.5) is 5.69 Å². The minimum absolute atomic E-state index is 0.267. The summed E-state index contributed by atoms with van der Waals surface area (Å²) in [6.07, 6.45) is 1.79. The van der Waals surface area contributed by atoms with E-state index in [-0.39, 0.29) is 5.91 Å². The first-order valence-corrected chi connectivity index (χ1v) is 8.76. The van der Waals surface area contributed by atoms with Crippen molar-refractivity contribution in [3.63, 3.8) is 0 Å². The van der Waals surface area contributed by atoms with Gasteiger partial charge in [-0.25, -0.2) is 4.98 Å². The average Bonchev–Trinajstić information content (AvgIpc) is 3.17. The first-order valence-electron chi connectivity index (χ1n) is 8.76. The number of aromatic nitrogens is 2. The van der Waals surface area contributed by atoms with Crippen LogP contribution in [0.5, 0.6) is 11.5 Å². The summed E-state index contributed by atoms with van der Waals surface area (Å²) in [6.45, 7) is 0. The van der Waals surface area contributed by atoms with Crippen LogP contribution in [-0.2, 0) is 0 Å². The lowest BCUT2D eigenvalue weighted by molar-refractivity contribution is 0.102. The third-order valence-electron chi connectivity index (χ3n) is 4.50. The summed E-state index contributed by atoms with van der Waals surface area (Å²) in [4.78, 5) is 17.1. The fraction of sp³-hybridized carbons (Fsp3) is 0.0909. The van der Waals surface area contributed by atoms with E-state index in [1.807, 2.05) is 53.1 Å². The second-order valence-electron chi connectivity index (χ2n) is 6.15. The van der Waals surface area contributed by atoms with E-state index in [0.717, 1.165) is 16.7 Å². The molecule has 0 saturated carbocycles. The Balaban J connectivity index is 1.58. The van der Waals surface area contributed by atoms with Gasteiger partial charge in [-0.2, -0.15) is 0 Å². The molecule has 140 valence electrons. The second kappa shape index (κ2) is 7.44. The van der Waals surface area contributed by atoms with Crippen LogP contribution in [0.2, 0.25) is 0 Å². The maximum absolute atomic E-state index is 12.7. The molecule has 1 aromatic heterocycles. The highest BCUT2D eigenvalue weighted by molar-refractivity contribution is 6.06. The molecular weight excluding hydrogens is 354 g/mol. The van der Waals surface area contributed by atoms with Crippen LogP contribution >= 0.6 is 0 Å². The average molecular weight is 373 g/mol. The molecule has 0 atom stereocenters. The summed E-state index contributed by atoms with van der Waals surface area (Å²) in [5.74, 6) is 0.651. The molecule has 3 aromatic carbocycles. The van der Waals surface area contributed by atoms with Gasteiger partial charge in [-0.15, -0.1) is 0 Å². The van der Waals surface area contributed by atoms with Gasteiger partial charge in [0.25, 0.3) is 5.91 Å². The Morgan fingerprint density at radius 1 is 0.929 bits per heavy atom. The number of anilines is 1. The largest absolute Gasteiger partial charge is 0.493 e. The molecule has 6 heteroatoms. The van der Waals surface area contributed by atoms with Gasteiger partial charge in [-0.05, 0) is 48.5 Å². The maximum atomic E-state index is 12.7. The molecule has 0 spiro atoms. The topological polar surface area (TPSA) is 65.4 Å². The molecule has 1 N–H and O–H groups in total. The van der Waals surface area contributed by atoms with Crippen LogP contribution < -0.4 is 14.8 Å². The maximum Gasteiger partial charge on any atom is 0.259 e. The molecule has 4 aromatic rings. The van der Waals surface area contributed by atoms with Gasteiger partial charge >= 0.3 is 0 Å². The zero-order chi connectivity index (χ0) is 19.5. The number of methoxy groups -OCH3 is 2. The Bertz CT molecular complexity index is 1130. The molecule has 0 radical (unpaired) electrons. The quantitative estimate of drug-likeness (QED) is 0.567. The van der Waals surface area contributed by atoms with Crippen LogP contribution in [0.25, 0.3) is 16.7 Å². The summed E-state index contributed by atoms with van der Waals surface area (Å²) >= 11 is 0. The van der Waals surface area contributed by atoms with Gasteiger partial charge in [-0.3, -0.25) is 9.36 Å². The van der Waals surface area contributed by atoms with Crippen molar-refractivity contribution in [2.24, 2.45) is 0 Å². The highest BCUT2D eigenvalue weighted by Gasteiger charge is 2.16. The number of amides is 1. The predicted octanol–water partition coefficient (Wildman–Crippen LogP) is 4.30. The number of nitrogens with one attached hydrogen (secondary N) is 1. The zero-order valence-corrected chi connectivity index (χ0v) is 15.5. The van der Waals surface area contributed by atoms with E-state index in [1.165, 1.54) is 14.2 Å². The molecule has 1 heterocycles. The van der Waals surface area contributed by atoms with Crippen LogP contribution in [0.15, 0.2) is 73.1 Å². The number of nitrogens with zero attached hydrogens (tertiary/aromatic N) is 2. The Labute approximate surface area is 162 Å². The molecule has 0 aliphatic heterocycles. The lowest BCUT2D eigenvalue weighted by atomic mass is 10.1. The standard InChI is InChI=1S/C22H19N3O3/c1-27-20-9-5-6-17(21(20)28-2)22(26)24-15-10-12-16(13-11-15)25-14-23-18-7-3-4-8-19(18)25/h3-14H,1-2H3,(H,24,26). The molecule has 0 unspecified atom stereocenters. The van der Waals surface area contributed by atoms with Crippen molar-refractivity contribution in [1.82, 2.24) is 9.55 Å². The van der Waals surface area contributed by atoms with Crippen molar-refractivity contribution in [2.45, 2.75) is 0 Å². The van der Waals surface area contributed by atoms with Crippen molar-refractivity contribution in [1.29, 1.82) is 0 Å². The van der Waals surface area contributed by atoms with E-state index in [1.54, 1.807) is 24.5 Å². The van der Waals surface area contributed by atoms with Gasteiger partial charge < -0.3 is 14.8 Å². The van der Waals surface area contributed by atoms with Gasteiger partial charge in [0.15, 0.2) is 11.5 Å². The van der Waals surface area contributed by atoms with E-state index in [0.29, 0.717) is 22.7 Å². The Kier molecular flexibility index (Phi) is 4.68. The SMILES string of the molecule is COc1cccc(C(=O)Nc2ccc(-n3cnc4ccccc43)cc2)c1OC. The lowest BCUT2D eigenvalue weighted by Crippen LogP contribution is -2.13. The molecule has 0 fully saturated rings. The predicted molar refractivity (Wildman–Crippen MR) is 109 cm³/mol. The Morgan fingerprint density at radius 2 is 1.71 bits per heavy atom. The highest BCUT2D eigenvalue weighted by Crippen LogP contribution is 2.31. The van der Waals surface area contributed by atoms with Gasteiger partial charge in [-0.1, -0.05) is 18.2 Å². The third kappa shape index (κ3) is 3.16. The molecule has 0 saturated heterocycles. The van der Waals surface area contributed by atoms with Crippen LogP contribution in [-0.4, -0.2) is 29.7 Å². The lowest BCUT2D eigenvalue weighted by Gasteiger charge is -2.13. The Hall–Kier alpha value is -3.80. The number of ether oxygens (including phenoxy) is 2. The number of hydrogen-bond acceptors (Lipinski definition) is 4. The number of hydrogen-bond donors (Lipinski definition) is 1. The first kappa shape index (κ1) is 17.6. The molecule has 4 rings (SSSR count). The summed E-state index contributed by atoms with van der Waals surface area (Å²) in [6, 6.07) is 20.7. The van der Waals surface area contributed by atoms with E-state index in [2.05, 4.69) is 10.3 Å². The van der Waals surface area contributed by atoms with Crippen molar-refractivity contribution < 1.29 is 14.3 Å². The number of carbonyl (C=O) groups is 1. The fourth-order valence-electron chi connectivity index (χ4n) is 3.13. The molecule has 28 heavy (non-hydrogen) atoms. The first-order chi connectivity index (χ1) is 13.7. The number of benzene rings is 3. The summed E-state index contributed by atoms with van der Waals surface area (Å²) in [7, 11) is 3.05. The Morgan fingerprint density at radius 3 is 2.46 bits per heavy atom. The minimum atomic E-state index is -0.267. The van der Waals surface area contributed by atoms with Crippen molar-refractivity contribution in [3.05, 3.63) is 78.6 Å². The van der Waals surface area contributed by atoms with Gasteiger partial charge in [0.2, 0.25) is 0 Å². The van der Waals surface area contributed by atoms with E-state index in [4.69, 9.17) is 9.47 Å². The molecular formula is C22H19N3O3. The van der Waals surface area contributed by atoms with Gasteiger partial charge in [0.05, 0.1) is 30.8 Å². The van der Waals surface area contributed by atoms with Gasteiger partial charge in [0.1, 0.15) is 6.33 Å². The van der Waals surface area contributed by atoms with E-state index in [9.17, 15) is 4.79 Å². The summed E-state index contributed by atoms with van der Waals surface area (Å²) < 4.78 is 12.6. The van der Waals surface area contributed by atoms with Gasteiger partial charge in [0, 0.05) is 11.4 Å². The number of carbonyl (C=O) groups excluding carboxylic acids is 1. The second-order valence-corrected chi connectivity index (χ2v) is 6.15. The molecule has 0 aliphatic rings. The number of imidazole rings is 1. The smallest absolute Gasteiger partial charge is 0.259 e. The van der Waals surface area contributed by atoms with E-state index < -0.39 is 0 Å². The molecule has 6 nitrogen and oxygen atoms in total. The number of para-hydroxylation sites is 3. The fourth-order valence-corrected chi connectivity index (χ4v) is 3.13. The molecule has 0 bridgehead atoms. The van der Waals surface area contributed by atoms with Crippen LogP contribution in [0, 0.1) is 0 Å². The van der Waals surface area contributed by atoms with Crippen LogP contribution in [0.1, 0.15) is 10.4 Å². The van der Waals surface area contributed by atoms with Crippen molar-refractivity contribution >= 4 is 22.6 Å². The van der Waals surface area contributed by atoms with Crippen molar-refractivity contribution in [2.75, 3.05) is 19.5 Å². The summed E-state index contributed by atoms with van der Waals surface area (Å²) in [5.41, 5.74) is 4.02. The normalized spacial score (nSPS) is 10.6. The minimum Gasteiger partial charge on any atom is -0.493 e. The highest BCUT2D eigenvalue weighted by atomic mass is 16.5.